The van der Waals surface area contributed by atoms with Gasteiger partial charge in [-0.05, 0) is 38.1 Å². The second-order valence-corrected chi connectivity index (χ2v) is 9.69. The minimum Gasteiger partial charge on any atom is -0.547 e. The summed E-state index contributed by atoms with van der Waals surface area (Å²) in [5.74, 6) is 2.41. The molecule has 0 saturated heterocycles. The van der Waals surface area contributed by atoms with Crippen LogP contribution in [0.25, 0.3) is 0 Å². The molecule has 84 valence electrons. The summed E-state index contributed by atoms with van der Waals surface area (Å²) in [5.41, 5.74) is 0. The Morgan fingerprint density at radius 2 is 1.71 bits per heavy atom. The highest BCUT2D eigenvalue weighted by molar-refractivity contribution is 6.70. The van der Waals surface area contributed by atoms with Crippen molar-refractivity contribution in [3.05, 3.63) is 11.8 Å². The van der Waals surface area contributed by atoms with E-state index in [0.717, 1.165) is 6.42 Å². The molecule has 0 fully saturated rings. The largest absolute Gasteiger partial charge is 0.547 e. The zero-order chi connectivity index (χ0) is 11.4. The van der Waals surface area contributed by atoms with Crippen LogP contribution in [0.15, 0.2) is 11.8 Å². The van der Waals surface area contributed by atoms with E-state index in [9.17, 15) is 0 Å². The number of rotatable bonds is 5. The third-order valence-corrected chi connectivity index (χ3v) is 3.13. The Balaban J connectivity index is 4.54. The fourth-order valence-electron chi connectivity index (χ4n) is 1.20. The Morgan fingerprint density at radius 1 is 1.21 bits per heavy atom. The van der Waals surface area contributed by atoms with Crippen LogP contribution in [0, 0.1) is 11.8 Å². The van der Waals surface area contributed by atoms with Crippen molar-refractivity contribution < 1.29 is 4.43 Å². The lowest BCUT2D eigenvalue weighted by Crippen LogP contribution is -2.27. The maximum atomic E-state index is 6.10. The second kappa shape index (κ2) is 5.59. The zero-order valence-corrected chi connectivity index (χ0v) is 11.8. The van der Waals surface area contributed by atoms with Crippen LogP contribution in [0.1, 0.15) is 34.1 Å². The maximum Gasteiger partial charge on any atom is 0.241 e. The lowest BCUT2D eigenvalue weighted by atomic mass is 9.95. The summed E-state index contributed by atoms with van der Waals surface area (Å²) in [7, 11) is -1.43. The van der Waals surface area contributed by atoms with Crippen LogP contribution in [0.4, 0.5) is 0 Å². The molecule has 0 bridgehead atoms. The van der Waals surface area contributed by atoms with Crippen molar-refractivity contribution in [2.75, 3.05) is 0 Å². The van der Waals surface area contributed by atoms with Gasteiger partial charge in [-0.15, -0.1) is 0 Å². The van der Waals surface area contributed by atoms with Gasteiger partial charge in [-0.3, -0.25) is 0 Å². The summed E-state index contributed by atoms with van der Waals surface area (Å²) in [6.45, 7) is 15.6. The monoisotopic (exact) mass is 214 g/mol. The van der Waals surface area contributed by atoms with Crippen LogP contribution >= 0.6 is 0 Å². The van der Waals surface area contributed by atoms with Crippen molar-refractivity contribution in [2.24, 2.45) is 11.8 Å². The van der Waals surface area contributed by atoms with Crippen molar-refractivity contribution in [3.63, 3.8) is 0 Å². The van der Waals surface area contributed by atoms with Gasteiger partial charge in [0.15, 0.2) is 0 Å². The van der Waals surface area contributed by atoms with Crippen molar-refractivity contribution in [1.82, 2.24) is 0 Å². The first-order valence-electron chi connectivity index (χ1n) is 5.67. The Hall–Kier alpha value is -0.243. The Morgan fingerprint density at radius 3 is 2.00 bits per heavy atom. The number of hydrogen-bond acceptors (Lipinski definition) is 1. The zero-order valence-electron chi connectivity index (χ0n) is 10.8. The predicted molar refractivity (Wildman–Crippen MR) is 66.8 cm³/mol. The topological polar surface area (TPSA) is 9.23 Å². The molecule has 0 N–H and O–H groups in total. The van der Waals surface area contributed by atoms with Crippen molar-refractivity contribution >= 4 is 8.32 Å². The molecule has 1 atom stereocenters. The molecule has 0 aliphatic heterocycles. The standard InChI is InChI=1S/C12H26OSi/c1-8-9-12(11(4)10(2)3)13-14(5,6)7/h9-11H,8H2,1-7H3/b12-9+. The average molecular weight is 214 g/mol. The van der Waals surface area contributed by atoms with Crippen LogP contribution in [-0.2, 0) is 4.43 Å². The van der Waals surface area contributed by atoms with Gasteiger partial charge in [-0.25, -0.2) is 0 Å². The first-order chi connectivity index (χ1) is 6.28. The van der Waals surface area contributed by atoms with Crippen LogP contribution < -0.4 is 0 Å². The van der Waals surface area contributed by atoms with E-state index in [-0.39, 0.29) is 0 Å². The third kappa shape index (κ3) is 5.48. The van der Waals surface area contributed by atoms with E-state index in [0.29, 0.717) is 11.8 Å². The van der Waals surface area contributed by atoms with Crippen molar-refractivity contribution in [1.29, 1.82) is 0 Å². The van der Waals surface area contributed by atoms with Crippen LogP contribution in [0.3, 0.4) is 0 Å². The molecule has 0 amide bonds. The second-order valence-electron chi connectivity index (χ2n) is 5.26. The Kier molecular flexibility index (Phi) is 5.50. The molecule has 2 heteroatoms. The van der Waals surface area contributed by atoms with Gasteiger partial charge in [0.2, 0.25) is 8.32 Å². The first kappa shape index (κ1) is 13.8. The molecule has 0 aliphatic carbocycles. The average Bonchev–Trinajstić information content (AvgIpc) is 1.99. The summed E-state index contributed by atoms with van der Waals surface area (Å²) in [4.78, 5) is 0. The quantitative estimate of drug-likeness (QED) is 0.486. The molecule has 0 aromatic heterocycles. The molecule has 0 aromatic carbocycles. The molecule has 1 unspecified atom stereocenters. The predicted octanol–water partition coefficient (Wildman–Crippen LogP) is 4.42. The third-order valence-electron chi connectivity index (χ3n) is 2.28. The van der Waals surface area contributed by atoms with Gasteiger partial charge in [0.05, 0.1) is 5.76 Å². The normalized spacial score (nSPS) is 15.9. The van der Waals surface area contributed by atoms with E-state index in [2.05, 4.69) is 53.4 Å². The molecule has 0 aromatic rings. The molecule has 0 heterocycles. The fraction of sp³-hybridized carbons (Fsp3) is 0.833. The fourth-order valence-corrected chi connectivity index (χ4v) is 2.18. The minimum atomic E-state index is -1.43. The highest BCUT2D eigenvalue weighted by atomic mass is 28.4. The Labute approximate surface area is 90.7 Å². The van der Waals surface area contributed by atoms with Gasteiger partial charge in [0, 0.05) is 5.92 Å². The summed E-state index contributed by atoms with van der Waals surface area (Å²) in [6.07, 6.45) is 3.31. The molecule has 0 radical (unpaired) electrons. The van der Waals surface area contributed by atoms with Crippen molar-refractivity contribution in [2.45, 2.75) is 53.8 Å². The molecular formula is C12H26OSi. The summed E-state index contributed by atoms with van der Waals surface area (Å²) < 4.78 is 6.10. The highest BCUT2D eigenvalue weighted by Gasteiger charge is 2.22. The van der Waals surface area contributed by atoms with E-state index in [1.54, 1.807) is 0 Å². The summed E-state index contributed by atoms with van der Waals surface area (Å²) >= 11 is 0. The van der Waals surface area contributed by atoms with Gasteiger partial charge in [-0.1, -0.05) is 27.7 Å². The molecule has 0 rings (SSSR count). The smallest absolute Gasteiger partial charge is 0.241 e. The van der Waals surface area contributed by atoms with Gasteiger partial charge in [-0.2, -0.15) is 0 Å². The lowest BCUT2D eigenvalue weighted by Gasteiger charge is -2.27. The van der Waals surface area contributed by atoms with E-state index < -0.39 is 8.32 Å². The number of allylic oxidation sites excluding steroid dienone is 2. The van der Waals surface area contributed by atoms with E-state index in [4.69, 9.17) is 4.43 Å². The molecule has 1 nitrogen and oxygen atoms in total. The van der Waals surface area contributed by atoms with Gasteiger partial charge in [0.1, 0.15) is 0 Å². The highest BCUT2D eigenvalue weighted by Crippen LogP contribution is 2.24. The molecule has 0 spiro atoms. The van der Waals surface area contributed by atoms with Gasteiger partial charge < -0.3 is 4.43 Å². The molecular weight excluding hydrogens is 188 g/mol. The van der Waals surface area contributed by atoms with Crippen molar-refractivity contribution in [3.8, 4) is 0 Å². The first-order valence-corrected chi connectivity index (χ1v) is 9.07. The lowest BCUT2D eigenvalue weighted by molar-refractivity contribution is 0.306. The van der Waals surface area contributed by atoms with Gasteiger partial charge >= 0.3 is 0 Å². The number of hydrogen-bond donors (Lipinski definition) is 0. The van der Waals surface area contributed by atoms with Crippen LogP contribution in [-0.4, -0.2) is 8.32 Å². The van der Waals surface area contributed by atoms with E-state index in [1.807, 2.05) is 0 Å². The summed E-state index contributed by atoms with van der Waals surface area (Å²) in [5, 5.41) is 0. The minimum absolute atomic E-state index is 0.543. The Bertz CT molecular complexity index is 189. The molecule has 0 aliphatic rings. The maximum absolute atomic E-state index is 6.10. The van der Waals surface area contributed by atoms with Crippen LogP contribution in [0.2, 0.25) is 19.6 Å². The molecule has 14 heavy (non-hydrogen) atoms. The van der Waals surface area contributed by atoms with E-state index in [1.165, 1.54) is 5.76 Å². The SMILES string of the molecule is CC/C=C(/O[Si](C)(C)C)C(C)C(C)C. The summed E-state index contributed by atoms with van der Waals surface area (Å²) in [6, 6.07) is 0. The molecule has 0 saturated carbocycles. The van der Waals surface area contributed by atoms with Crippen LogP contribution in [0.5, 0.6) is 0 Å². The van der Waals surface area contributed by atoms with E-state index >= 15 is 0 Å². The van der Waals surface area contributed by atoms with Gasteiger partial charge in [0.25, 0.3) is 0 Å².